The van der Waals surface area contributed by atoms with Crippen LogP contribution in [0, 0.1) is 11.3 Å². The summed E-state index contributed by atoms with van der Waals surface area (Å²) >= 11 is 11.8. The van der Waals surface area contributed by atoms with Gasteiger partial charge in [-0.25, -0.2) is 0 Å². The molecule has 0 radical (unpaired) electrons. The number of amides is 1. The standard InChI is InChI=1S/C15H11Cl2N3O/c16-11-6-5-10(8-18)14(7-11)19-9-15(21)20-13-4-2-1-3-12(13)17/h1-7,19H,9H2,(H,20,21). The summed E-state index contributed by atoms with van der Waals surface area (Å²) in [5.74, 6) is -0.271. The first-order chi connectivity index (χ1) is 10.1. The van der Waals surface area contributed by atoms with E-state index in [-0.39, 0.29) is 12.5 Å². The van der Waals surface area contributed by atoms with Crippen LogP contribution in [0.5, 0.6) is 0 Å². The van der Waals surface area contributed by atoms with Crippen LogP contribution < -0.4 is 10.6 Å². The third kappa shape index (κ3) is 4.12. The van der Waals surface area contributed by atoms with Crippen molar-refractivity contribution in [2.24, 2.45) is 0 Å². The number of benzene rings is 2. The maximum Gasteiger partial charge on any atom is 0.243 e. The normalized spacial score (nSPS) is 9.76. The van der Waals surface area contributed by atoms with E-state index in [9.17, 15) is 4.79 Å². The van der Waals surface area contributed by atoms with E-state index in [0.717, 1.165) is 0 Å². The molecule has 6 heteroatoms. The zero-order valence-corrected chi connectivity index (χ0v) is 12.4. The Hall–Kier alpha value is -2.22. The largest absolute Gasteiger partial charge is 0.375 e. The molecule has 1 amide bonds. The molecule has 106 valence electrons. The van der Waals surface area contributed by atoms with Crippen LogP contribution in [0.2, 0.25) is 10.0 Å². The topological polar surface area (TPSA) is 64.9 Å². The molecule has 0 heterocycles. The highest BCUT2D eigenvalue weighted by atomic mass is 35.5. The zero-order valence-electron chi connectivity index (χ0n) is 10.9. The summed E-state index contributed by atoms with van der Waals surface area (Å²) in [6, 6.07) is 13.8. The average molecular weight is 320 g/mol. The lowest BCUT2D eigenvalue weighted by Gasteiger charge is -2.10. The Bertz CT molecular complexity index is 710. The van der Waals surface area contributed by atoms with Crippen molar-refractivity contribution in [3.63, 3.8) is 0 Å². The predicted octanol–water partition coefficient (Wildman–Crippen LogP) is 3.92. The molecule has 0 saturated heterocycles. The second kappa shape index (κ2) is 6.98. The van der Waals surface area contributed by atoms with Gasteiger partial charge in [0.1, 0.15) is 6.07 Å². The summed E-state index contributed by atoms with van der Waals surface area (Å²) in [7, 11) is 0. The third-order valence-corrected chi connectivity index (χ3v) is 3.25. The fourth-order valence-corrected chi connectivity index (χ4v) is 2.05. The molecule has 21 heavy (non-hydrogen) atoms. The lowest BCUT2D eigenvalue weighted by atomic mass is 10.2. The summed E-state index contributed by atoms with van der Waals surface area (Å²) in [6.07, 6.45) is 0. The number of carbonyl (C=O) groups is 1. The SMILES string of the molecule is N#Cc1ccc(Cl)cc1NCC(=O)Nc1ccccc1Cl. The van der Waals surface area contributed by atoms with Crippen LogP contribution in [0.1, 0.15) is 5.56 Å². The van der Waals surface area contributed by atoms with Crippen LogP contribution in [-0.2, 0) is 4.79 Å². The average Bonchev–Trinajstić information content (AvgIpc) is 2.48. The quantitative estimate of drug-likeness (QED) is 0.897. The zero-order chi connectivity index (χ0) is 15.2. The number of nitriles is 1. The molecular formula is C15H11Cl2N3O. The highest BCUT2D eigenvalue weighted by Gasteiger charge is 2.07. The molecule has 0 spiro atoms. The summed E-state index contributed by atoms with van der Waals surface area (Å²) in [6.45, 7) is 0.000243. The Balaban J connectivity index is 2.01. The molecular weight excluding hydrogens is 309 g/mol. The number of rotatable bonds is 4. The Morgan fingerprint density at radius 2 is 1.90 bits per heavy atom. The molecule has 0 aliphatic rings. The van der Waals surface area contributed by atoms with Crippen LogP contribution in [-0.4, -0.2) is 12.5 Å². The first-order valence-corrected chi connectivity index (χ1v) is 6.83. The molecule has 0 aliphatic carbocycles. The fraction of sp³-hybridized carbons (Fsp3) is 0.0667. The molecule has 0 aromatic heterocycles. The van der Waals surface area contributed by atoms with Crippen molar-refractivity contribution in [3.8, 4) is 6.07 Å². The van der Waals surface area contributed by atoms with Gasteiger partial charge < -0.3 is 10.6 Å². The van der Waals surface area contributed by atoms with Crippen molar-refractivity contribution in [3.05, 3.63) is 58.1 Å². The van der Waals surface area contributed by atoms with Gasteiger partial charge in [-0.1, -0.05) is 35.3 Å². The monoisotopic (exact) mass is 319 g/mol. The van der Waals surface area contributed by atoms with Gasteiger partial charge in [0.15, 0.2) is 0 Å². The fourth-order valence-electron chi connectivity index (χ4n) is 1.69. The maximum absolute atomic E-state index is 11.9. The van der Waals surface area contributed by atoms with E-state index in [1.807, 2.05) is 6.07 Å². The molecule has 2 rings (SSSR count). The van der Waals surface area contributed by atoms with Crippen molar-refractivity contribution in [1.29, 1.82) is 5.26 Å². The Labute approximate surface area is 132 Å². The highest BCUT2D eigenvalue weighted by Crippen LogP contribution is 2.21. The third-order valence-electron chi connectivity index (χ3n) is 2.69. The van der Waals surface area contributed by atoms with Crippen LogP contribution in [0.4, 0.5) is 11.4 Å². The number of anilines is 2. The molecule has 0 unspecified atom stereocenters. The van der Waals surface area contributed by atoms with Crippen molar-refractivity contribution in [2.45, 2.75) is 0 Å². The molecule has 2 N–H and O–H groups in total. The van der Waals surface area contributed by atoms with Gasteiger partial charge in [0.2, 0.25) is 5.91 Å². The number of halogens is 2. The highest BCUT2D eigenvalue weighted by molar-refractivity contribution is 6.33. The van der Waals surface area contributed by atoms with E-state index < -0.39 is 0 Å². The van der Waals surface area contributed by atoms with Crippen LogP contribution in [0.3, 0.4) is 0 Å². The molecule has 0 saturated carbocycles. The smallest absolute Gasteiger partial charge is 0.243 e. The van der Waals surface area contributed by atoms with E-state index in [1.165, 1.54) is 0 Å². The first kappa shape index (κ1) is 15.2. The van der Waals surface area contributed by atoms with Gasteiger partial charge in [-0.2, -0.15) is 5.26 Å². The van der Waals surface area contributed by atoms with Crippen molar-refractivity contribution >= 4 is 40.5 Å². The van der Waals surface area contributed by atoms with Crippen LogP contribution in [0.15, 0.2) is 42.5 Å². The van der Waals surface area contributed by atoms with Crippen molar-refractivity contribution in [2.75, 3.05) is 17.2 Å². The molecule has 0 aliphatic heterocycles. The Morgan fingerprint density at radius 1 is 1.14 bits per heavy atom. The summed E-state index contributed by atoms with van der Waals surface area (Å²) in [5, 5.41) is 15.5. The maximum atomic E-state index is 11.9. The van der Waals surface area contributed by atoms with Gasteiger partial charge in [-0.15, -0.1) is 0 Å². The lowest BCUT2D eigenvalue weighted by Crippen LogP contribution is -2.22. The number of hydrogen-bond donors (Lipinski definition) is 2. The minimum atomic E-state index is -0.271. The minimum Gasteiger partial charge on any atom is -0.375 e. The Morgan fingerprint density at radius 3 is 2.62 bits per heavy atom. The molecule has 0 atom stereocenters. The van der Waals surface area contributed by atoms with E-state index in [2.05, 4.69) is 10.6 Å². The van der Waals surface area contributed by atoms with Crippen molar-refractivity contribution in [1.82, 2.24) is 0 Å². The number of nitrogens with one attached hydrogen (secondary N) is 2. The molecule has 0 fully saturated rings. The van der Waals surface area contributed by atoms with E-state index in [0.29, 0.717) is 27.0 Å². The second-order valence-corrected chi connectivity index (χ2v) is 5.03. The van der Waals surface area contributed by atoms with Gasteiger partial charge in [-0.05, 0) is 30.3 Å². The summed E-state index contributed by atoms with van der Waals surface area (Å²) in [4.78, 5) is 11.9. The van der Waals surface area contributed by atoms with Gasteiger partial charge in [0.25, 0.3) is 0 Å². The predicted molar refractivity (Wildman–Crippen MR) is 84.7 cm³/mol. The van der Waals surface area contributed by atoms with E-state index in [4.69, 9.17) is 28.5 Å². The number of carbonyl (C=O) groups excluding carboxylic acids is 1. The molecule has 2 aromatic carbocycles. The summed E-state index contributed by atoms with van der Waals surface area (Å²) < 4.78 is 0. The number of nitrogens with zero attached hydrogens (tertiary/aromatic N) is 1. The van der Waals surface area contributed by atoms with Crippen LogP contribution >= 0.6 is 23.2 Å². The van der Waals surface area contributed by atoms with E-state index >= 15 is 0 Å². The molecule has 0 bridgehead atoms. The van der Waals surface area contributed by atoms with Crippen LogP contribution in [0.25, 0.3) is 0 Å². The van der Waals surface area contributed by atoms with Gasteiger partial charge in [0.05, 0.1) is 28.5 Å². The van der Waals surface area contributed by atoms with E-state index in [1.54, 1.807) is 42.5 Å². The molecule has 2 aromatic rings. The van der Waals surface area contributed by atoms with Gasteiger partial charge >= 0.3 is 0 Å². The summed E-state index contributed by atoms with van der Waals surface area (Å²) in [5.41, 5.74) is 1.47. The number of para-hydroxylation sites is 1. The second-order valence-electron chi connectivity index (χ2n) is 4.18. The van der Waals surface area contributed by atoms with Crippen molar-refractivity contribution < 1.29 is 4.79 Å². The van der Waals surface area contributed by atoms with Gasteiger partial charge in [0, 0.05) is 5.02 Å². The first-order valence-electron chi connectivity index (χ1n) is 6.08. The molecule has 4 nitrogen and oxygen atoms in total. The minimum absolute atomic E-state index is 0.000243. The Kier molecular flexibility index (Phi) is 5.04. The number of hydrogen-bond acceptors (Lipinski definition) is 3. The lowest BCUT2D eigenvalue weighted by molar-refractivity contribution is -0.114. The van der Waals surface area contributed by atoms with Gasteiger partial charge in [-0.3, -0.25) is 4.79 Å².